The van der Waals surface area contributed by atoms with E-state index in [1.807, 2.05) is 25.1 Å². The lowest BCUT2D eigenvalue weighted by Crippen LogP contribution is -2.20. The smallest absolute Gasteiger partial charge is 0.243 e. The van der Waals surface area contributed by atoms with Crippen molar-refractivity contribution < 1.29 is 9.59 Å². The quantitative estimate of drug-likeness (QED) is 0.640. The summed E-state index contributed by atoms with van der Waals surface area (Å²) in [7, 11) is 0. The first kappa shape index (κ1) is 13.3. The first-order valence-electron chi connectivity index (χ1n) is 6.28. The minimum atomic E-state index is -0.117. The zero-order chi connectivity index (χ0) is 13.8. The predicted octanol–water partition coefficient (Wildman–Crippen LogP) is 1.90. The highest BCUT2D eigenvalue weighted by atomic mass is 16.2. The number of hydrazone groups is 1. The van der Waals surface area contributed by atoms with Crippen molar-refractivity contribution in [3.8, 4) is 0 Å². The van der Waals surface area contributed by atoms with Crippen LogP contribution < -0.4 is 10.7 Å². The second-order valence-corrected chi connectivity index (χ2v) is 4.71. The van der Waals surface area contributed by atoms with Crippen LogP contribution >= 0.6 is 0 Å². The average molecular weight is 259 g/mol. The standard InChI is InChI=1S/C14H17N3O2/c1-9(16-17-14(19)11-6-7-11)12-4-3-5-13(8-12)15-10(2)18/h3-5,8,11H,6-7H2,1-2H3,(H,15,18)(H,17,19)/b16-9+. The van der Waals surface area contributed by atoms with E-state index in [1.165, 1.54) is 6.92 Å². The van der Waals surface area contributed by atoms with Gasteiger partial charge in [0, 0.05) is 18.5 Å². The number of amides is 2. The molecular formula is C14H17N3O2. The van der Waals surface area contributed by atoms with Crippen LogP contribution in [-0.2, 0) is 9.59 Å². The first-order chi connectivity index (χ1) is 9.06. The number of benzene rings is 1. The van der Waals surface area contributed by atoms with Gasteiger partial charge in [0.2, 0.25) is 11.8 Å². The van der Waals surface area contributed by atoms with Crippen molar-refractivity contribution in [2.24, 2.45) is 11.0 Å². The monoisotopic (exact) mass is 259 g/mol. The Morgan fingerprint density at radius 3 is 2.63 bits per heavy atom. The van der Waals surface area contributed by atoms with E-state index < -0.39 is 0 Å². The number of carbonyl (C=O) groups is 2. The van der Waals surface area contributed by atoms with Crippen molar-refractivity contribution in [3.63, 3.8) is 0 Å². The highest BCUT2D eigenvalue weighted by molar-refractivity contribution is 6.01. The van der Waals surface area contributed by atoms with Gasteiger partial charge in [-0.05, 0) is 37.5 Å². The van der Waals surface area contributed by atoms with E-state index in [9.17, 15) is 9.59 Å². The maximum Gasteiger partial charge on any atom is 0.243 e. The molecule has 1 aromatic carbocycles. The van der Waals surface area contributed by atoms with Crippen LogP contribution in [0.5, 0.6) is 0 Å². The molecule has 0 aromatic heterocycles. The number of hydrogen-bond acceptors (Lipinski definition) is 3. The molecule has 0 atom stereocenters. The SMILES string of the molecule is CC(=O)Nc1cccc(/C(C)=N/NC(=O)C2CC2)c1. The maximum absolute atomic E-state index is 11.5. The van der Waals surface area contributed by atoms with Crippen molar-refractivity contribution in [1.29, 1.82) is 0 Å². The fourth-order valence-electron chi connectivity index (χ4n) is 1.67. The largest absolute Gasteiger partial charge is 0.326 e. The zero-order valence-electron chi connectivity index (χ0n) is 11.1. The molecule has 2 amide bonds. The third-order valence-corrected chi connectivity index (χ3v) is 2.88. The van der Waals surface area contributed by atoms with E-state index in [1.54, 1.807) is 6.07 Å². The van der Waals surface area contributed by atoms with Crippen LogP contribution in [0.25, 0.3) is 0 Å². The molecular weight excluding hydrogens is 242 g/mol. The summed E-state index contributed by atoms with van der Waals surface area (Å²) in [6.45, 7) is 3.28. The molecule has 1 aliphatic rings. The lowest BCUT2D eigenvalue weighted by molar-refractivity contribution is -0.122. The fourth-order valence-corrected chi connectivity index (χ4v) is 1.67. The Morgan fingerprint density at radius 1 is 1.26 bits per heavy atom. The maximum atomic E-state index is 11.5. The molecule has 1 fully saturated rings. The van der Waals surface area contributed by atoms with Gasteiger partial charge in [-0.2, -0.15) is 5.10 Å². The van der Waals surface area contributed by atoms with Gasteiger partial charge in [-0.15, -0.1) is 0 Å². The summed E-state index contributed by atoms with van der Waals surface area (Å²) >= 11 is 0. The molecule has 2 N–H and O–H groups in total. The van der Waals surface area contributed by atoms with Crippen LogP contribution in [0.4, 0.5) is 5.69 Å². The van der Waals surface area contributed by atoms with Gasteiger partial charge in [0.1, 0.15) is 0 Å². The first-order valence-corrected chi connectivity index (χ1v) is 6.28. The van der Waals surface area contributed by atoms with Crippen molar-refractivity contribution in [1.82, 2.24) is 5.43 Å². The summed E-state index contributed by atoms with van der Waals surface area (Å²) in [6.07, 6.45) is 1.91. The Balaban J connectivity index is 2.04. The van der Waals surface area contributed by atoms with Crippen LogP contribution in [0.2, 0.25) is 0 Å². The summed E-state index contributed by atoms with van der Waals surface area (Å²) in [5, 5.41) is 6.79. The van der Waals surface area contributed by atoms with E-state index >= 15 is 0 Å². The van der Waals surface area contributed by atoms with Gasteiger partial charge < -0.3 is 5.32 Å². The topological polar surface area (TPSA) is 70.6 Å². The summed E-state index contributed by atoms with van der Waals surface area (Å²) in [4.78, 5) is 22.5. The van der Waals surface area contributed by atoms with Crippen molar-refractivity contribution >= 4 is 23.2 Å². The second kappa shape index (κ2) is 5.65. The number of carbonyl (C=O) groups excluding carboxylic acids is 2. The summed E-state index contributed by atoms with van der Waals surface area (Å²) < 4.78 is 0. The van der Waals surface area contributed by atoms with Gasteiger partial charge in [0.25, 0.3) is 0 Å². The van der Waals surface area contributed by atoms with E-state index in [-0.39, 0.29) is 17.7 Å². The van der Waals surface area contributed by atoms with Crippen LogP contribution in [0.3, 0.4) is 0 Å². The van der Waals surface area contributed by atoms with Crippen LogP contribution in [0, 0.1) is 5.92 Å². The molecule has 0 saturated heterocycles. The molecule has 5 nitrogen and oxygen atoms in total. The van der Waals surface area contributed by atoms with Crippen LogP contribution in [-0.4, -0.2) is 17.5 Å². The summed E-state index contributed by atoms with van der Waals surface area (Å²) in [6, 6.07) is 7.35. The molecule has 0 heterocycles. The Hall–Kier alpha value is -2.17. The van der Waals surface area contributed by atoms with Gasteiger partial charge in [0.15, 0.2) is 0 Å². The minimum Gasteiger partial charge on any atom is -0.326 e. The summed E-state index contributed by atoms with van der Waals surface area (Å²) in [5.41, 5.74) is 4.85. The highest BCUT2D eigenvalue weighted by Crippen LogP contribution is 2.28. The van der Waals surface area contributed by atoms with Crippen LogP contribution in [0.1, 0.15) is 32.3 Å². The number of nitrogens with zero attached hydrogens (tertiary/aromatic N) is 1. The fraction of sp³-hybridized carbons (Fsp3) is 0.357. The van der Waals surface area contributed by atoms with E-state index in [2.05, 4.69) is 15.8 Å². The molecule has 0 unspecified atom stereocenters. The molecule has 2 rings (SSSR count). The number of nitrogens with one attached hydrogen (secondary N) is 2. The molecule has 0 radical (unpaired) electrons. The molecule has 0 aliphatic heterocycles. The van der Waals surface area contributed by atoms with E-state index in [0.717, 1.165) is 18.4 Å². The van der Waals surface area contributed by atoms with Gasteiger partial charge in [-0.25, -0.2) is 5.43 Å². The Labute approximate surface area is 112 Å². The van der Waals surface area contributed by atoms with Crippen LogP contribution in [0.15, 0.2) is 29.4 Å². The zero-order valence-corrected chi connectivity index (χ0v) is 11.1. The van der Waals surface area contributed by atoms with Gasteiger partial charge in [0.05, 0.1) is 5.71 Å². The van der Waals surface area contributed by atoms with Gasteiger partial charge in [-0.1, -0.05) is 12.1 Å². The highest BCUT2D eigenvalue weighted by Gasteiger charge is 2.29. The molecule has 0 bridgehead atoms. The van der Waals surface area contributed by atoms with Crippen molar-refractivity contribution in [2.45, 2.75) is 26.7 Å². The lowest BCUT2D eigenvalue weighted by Gasteiger charge is -2.06. The van der Waals surface area contributed by atoms with E-state index in [0.29, 0.717) is 11.4 Å². The number of anilines is 1. The van der Waals surface area contributed by atoms with Crippen molar-refractivity contribution in [3.05, 3.63) is 29.8 Å². The minimum absolute atomic E-state index is 0.0163. The molecule has 1 aromatic rings. The molecule has 100 valence electrons. The predicted molar refractivity (Wildman–Crippen MR) is 73.8 cm³/mol. The molecule has 5 heteroatoms. The second-order valence-electron chi connectivity index (χ2n) is 4.71. The summed E-state index contributed by atoms with van der Waals surface area (Å²) in [5.74, 6) is 0.00778. The molecule has 0 spiro atoms. The van der Waals surface area contributed by atoms with Crippen molar-refractivity contribution in [2.75, 3.05) is 5.32 Å². The molecule has 1 saturated carbocycles. The Morgan fingerprint density at radius 2 is 2.00 bits per heavy atom. The Bertz CT molecular complexity index is 533. The third kappa shape index (κ3) is 3.91. The van der Waals surface area contributed by atoms with Gasteiger partial charge >= 0.3 is 0 Å². The number of hydrogen-bond donors (Lipinski definition) is 2. The van der Waals surface area contributed by atoms with Gasteiger partial charge in [-0.3, -0.25) is 9.59 Å². The average Bonchev–Trinajstić information content (AvgIpc) is 3.19. The number of rotatable bonds is 4. The molecule has 1 aliphatic carbocycles. The normalized spacial score (nSPS) is 14.9. The lowest BCUT2D eigenvalue weighted by atomic mass is 10.1. The molecule has 19 heavy (non-hydrogen) atoms. The Kier molecular flexibility index (Phi) is 3.94. The third-order valence-electron chi connectivity index (χ3n) is 2.88. The van der Waals surface area contributed by atoms with E-state index in [4.69, 9.17) is 0 Å².